The molecule has 2 aromatic heterocycles. The zero-order valence-electron chi connectivity index (χ0n) is 19.7. The number of piperidine rings is 1. The molecular formula is C26H32N6O2. The van der Waals surface area contributed by atoms with Gasteiger partial charge in [-0.25, -0.2) is 14.6 Å². The van der Waals surface area contributed by atoms with Gasteiger partial charge in [0.05, 0.1) is 17.6 Å². The molecule has 7 rings (SSSR count). The van der Waals surface area contributed by atoms with Gasteiger partial charge in [-0.1, -0.05) is 18.6 Å². The van der Waals surface area contributed by atoms with E-state index >= 15 is 0 Å². The summed E-state index contributed by atoms with van der Waals surface area (Å²) < 4.78 is 7.97. The second-order valence-corrected chi connectivity index (χ2v) is 10.6. The molecule has 0 radical (unpaired) electrons. The zero-order chi connectivity index (χ0) is 22.9. The van der Waals surface area contributed by atoms with E-state index in [-0.39, 0.29) is 6.61 Å². The Balaban J connectivity index is 1.27. The average Bonchev–Trinajstić information content (AvgIpc) is 3.44. The number of hydrogen-bond acceptors (Lipinski definition) is 7. The smallest absolute Gasteiger partial charge is 0.164 e. The maximum atomic E-state index is 10.0. The van der Waals surface area contributed by atoms with Gasteiger partial charge < -0.3 is 20.1 Å². The van der Waals surface area contributed by atoms with E-state index in [1.807, 2.05) is 37.5 Å². The normalized spacial score (nSPS) is 28.2. The highest BCUT2D eigenvalue weighted by molar-refractivity contribution is 5.90. The van der Waals surface area contributed by atoms with Crippen molar-refractivity contribution in [2.45, 2.75) is 69.2 Å². The van der Waals surface area contributed by atoms with Crippen LogP contribution in [0.25, 0.3) is 22.4 Å². The summed E-state index contributed by atoms with van der Waals surface area (Å²) >= 11 is 0. The predicted molar refractivity (Wildman–Crippen MR) is 130 cm³/mol. The van der Waals surface area contributed by atoms with E-state index in [0.29, 0.717) is 35.8 Å². The molecule has 0 bridgehead atoms. The first-order valence-electron chi connectivity index (χ1n) is 12.8. The van der Waals surface area contributed by atoms with Gasteiger partial charge in [0.15, 0.2) is 11.5 Å². The molecule has 1 aromatic carbocycles. The van der Waals surface area contributed by atoms with Gasteiger partial charge in [0.25, 0.3) is 0 Å². The SMILES string of the molecule is CNCC(O)COc1cccc(-c2nc(N3C4CCCC45CCC35)c3cnn(C4CC4)c3n2)c1. The van der Waals surface area contributed by atoms with Crippen LogP contribution in [0.2, 0.25) is 0 Å². The van der Waals surface area contributed by atoms with E-state index in [9.17, 15) is 5.11 Å². The average molecular weight is 461 g/mol. The van der Waals surface area contributed by atoms with Crippen LogP contribution >= 0.6 is 0 Å². The molecule has 178 valence electrons. The van der Waals surface area contributed by atoms with Crippen molar-refractivity contribution in [3.8, 4) is 17.1 Å². The van der Waals surface area contributed by atoms with Gasteiger partial charge in [0.2, 0.25) is 0 Å². The summed E-state index contributed by atoms with van der Waals surface area (Å²) in [5, 5.41) is 18.8. The molecular weight excluding hydrogens is 428 g/mol. The molecule has 3 heterocycles. The number of aliphatic hydroxyl groups is 1. The Bertz CT molecular complexity index is 1240. The van der Waals surface area contributed by atoms with Crippen LogP contribution in [0.15, 0.2) is 30.5 Å². The summed E-state index contributed by atoms with van der Waals surface area (Å²) in [7, 11) is 1.82. The number of aromatic nitrogens is 4. The number of nitrogens with zero attached hydrogens (tertiary/aromatic N) is 5. The van der Waals surface area contributed by atoms with E-state index in [1.165, 1.54) is 44.9 Å². The van der Waals surface area contributed by atoms with Crippen LogP contribution in [0.5, 0.6) is 5.75 Å². The number of hydrogen-bond donors (Lipinski definition) is 2. The van der Waals surface area contributed by atoms with Gasteiger partial charge in [-0.05, 0) is 57.7 Å². The molecule has 1 aliphatic heterocycles. The van der Waals surface area contributed by atoms with Crippen molar-refractivity contribution in [2.75, 3.05) is 25.1 Å². The van der Waals surface area contributed by atoms with E-state index in [4.69, 9.17) is 19.8 Å². The van der Waals surface area contributed by atoms with Crippen molar-refractivity contribution in [2.24, 2.45) is 5.41 Å². The summed E-state index contributed by atoms with van der Waals surface area (Å²) in [5.41, 5.74) is 2.43. The van der Waals surface area contributed by atoms with Crippen LogP contribution in [0.4, 0.5) is 5.82 Å². The first-order valence-corrected chi connectivity index (χ1v) is 12.8. The lowest BCUT2D eigenvalue weighted by Crippen LogP contribution is -2.75. The Kier molecular flexibility index (Phi) is 4.64. The zero-order valence-corrected chi connectivity index (χ0v) is 19.7. The molecule has 3 aliphatic carbocycles. The minimum atomic E-state index is -0.554. The standard InChI is InChI=1S/C26H32N6O2/c1-27-13-18(33)15-34-19-5-2-4-16(12-19)23-29-24(20-14-28-32(17-7-8-17)25(20)30-23)31-21-6-3-10-26(21)11-9-22(26)31/h2,4-5,12,14,17-18,21-22,27,33H,3,6-11,13,15H2,1H3. The molecule has 0 amide bonds. The van der Waals surface area contributed by atoms with Crippen LogP contribution in [-0.4, -0.2) is 63.2 Å². The maximum Gasteiger partial charge on any atom is 0.164 e. The van der Waals surface area contributed by atoms with Crippen LogP contribution in [0, 0.1) is 5.41 Å². The summed E-state index contributed by atoms with van der Waals surface area (Å²) in [4.78, 5) is 12.8. The Morgan fingerprint density at radius 3 is 2.85 bits per heavy atom. The fourth-order valence-corrected chi connectivity index (χ4v) is 6.70. The highest BCUT2D eigenvalue weighted by atomic mass is 16.5. The third kappa shape index (κ3) is 3.01. The molecule has 2 N–H and O–H groups in total. The lowest BCUT2D eigenvalue weighted by Gasteiger charge is -2.69. The number of aliphatic hydroxyl groups excluding tert-OH is 1. The van der Waals surface area contributed by atoms with Gasteiger partial charge >= 0.3 is 0 Å². The van der Waals surface area contributed by atoms with E-state index in [2.05, 4.69) is 14.9 Å². The van der Waals surface area contributed by atoms with Crippen molar-refractivity contribution in [3.05, 3.63) is 30.5 Å². The van der Waals surface area contributed by atoms with Crippen LogP contribution in [0.3, 0.4) is 0 Å². The van der Waals surface area contributed by atoms with Gasteiger partial charge in [-0.3, -0.25) is 0 Å². The van der Waals surface area contributed by atoms with Crippen LogP contribution in [0.1, 0.15) is 51.0 Å². The minimum Gasteiger partial charge on any atom is -0.491 e. The predicted octanol–water partition coefficient (Wildman–Crippen LogP) is 3.31. The molecule has 8 nitrogen and oxygen atoms in total. The summed E-state index contributed by atoms with van der Waals surface area (Å²) in [6.07, 6.45) is 10.4. The van der Waals surface area contributed by atoms with Crippen molar-refractivity contribution in [1.29, 1.82) is 0 Å². The molecule has 1 saturated heterocycles. The van der Waals surface area contributed by atoms with Crippen molar-refractivity contribution in [3.63, 3.8) is 0 Å². The molecule has 34 heavy (non-hydrogen) atoms. The number of benzene rings is 1. The minimum absolute atomic E-state index is 0.239. The van der Waals surface area contributed by atoms with Gasteiger partial charge in [-0.15, -0.1) is 0 Å². The first-order chi connectivity index (χ1) is 16.7. The molecule has 4 fully saturated rings. The lowest BCUT2D eigenvalue weighted by atomic mass is 9.53. The molecule has 8 heteroatoms. The molecule has 3 aromatic rings. The van der Waals surface area contributed by atoms with Crippen molar-refractivity contribution < 1.29 is 9.84 Å². The number of anilines is 1. The Morgan fingerprint density at radius 2 is 2.06 bits per heavy atom. The van der Waals surface area contributed by atoms with Gasteiger partial charge in [-0.2, -0.15) is 5.10 Å². The van der Waals surface area contributed by atoms with Gasteiger partial charge in [0.1, 0.15) is 24.3 Å². The Labute approximate surface area is 199 Å². The number of nitrogens with one attached hydrogen (secondary N) is 1. The van der Waals surface area contributed by atoms with Crippen molar-refractivity contribution >= 4 is 16.9 Å². The molecule has 3 saturated carbocycles. The monoisotopic (exact) mass is 460 g/mol. The summed E-state index contributed by atoms with van der Waals surface area (Å²) in [6, 6.07) is 9.61. The second kappa shape index (κ2) is 7.65. The maximum absolute atomic E-state index is 10.0. The Hall–Kier alpha value is -2.71. The lowest BCUT2D eigenvalue weighted by molar-refractivity contribution is -0.0160. The van der Waals surface area contributed by atoms with Crippen LogP contribution in [-0.2, 0) is 0 Å². The molecule has 4 atom stereocenters. The highest BCUT2D eigenvalue weighted by Crippen LogP contribution is 2.66. The number of rotatable bonds is 8. The largest absolute Gasteiger partial charge is 0.491 e. The number of likely N-dealkylation sites (N-methyl/N-ethyl adjacent to an activating group) is 1. The molecule has 4 aliphatic rings. The van der Waals surface area contributed by atoms with Gasteiger partial charge in [0, 0.05) is 29.6 Å². The second-order valence-electron chi connectivity index (χ2n) is 10.6. The third-order valence-corrected chi connectivity index (χ3v) is 8.55. The first kappa shape index (κ1) is 20.6. The quantitative estimate of drug-likeness (QED) is 0.533. The number of fused-ring (bicyclic) bond motifs is 1. The fraction of sp³-hybridized carbons (Fsp3) is 0.577. The molecule has 1 spiro atoms. The number of ether oxygens (including phenoxy) is 1. The van der Waals surface area contributed by atoms with E-state index in [1.54, 1.807) is 0 Å². The Morgan fingerprint density at radius 1 is 1.18 bits per heavy atom. The molecule has 4 unspecified atom stereocenters. The summed E-state index contributed by atoms with van der Waals surface area (Å²) in [5.74, 6) is 2.50. The summed E-state index contributed by atoms with van der Waals surface area (Å²) in [6.45, 7) is 0.733. The third-order valence-electron chi connectivity index (χ3n) is 8.55. The highest BCUT2D eigenvalue weighted by Gasteiger charge is 2.67. The van der Waals surface area contributed by atoms with Crippen molar-refractivity contribution in [1.82, 2.24) is 25.1 Å². The van der Waals surface area contributed by atoms with E-state index in [0.717, 1.165) is 28.2 Å². The van der Waals surface area contributed by atoms with E-state index < -0.39 is 6.10 Å². The fourth-order valence-electron chi connectivity index (χ4n) is 6.70. The topological polar surface area (TPSA) is 88.3 Å². The van der Waals surface area contributed by atoms with Crippen LogP contribution < -0.4 is 15.0 Å².